The molecule has 18 heavy (non-hydrogen) atoms. The monoisotopic (exact) mass is 268 g/mol. The van der Waals surface area contributed by atoms with Crippen molar-refractivity contribution in [2.24, 2.45) is 11.8 Å². The van der Waals surface area contributed by atoms with Crippen molar-refractivity contribution in [3.05, 3.63) is 28.8 Å². The minimum atomic E-state index is -0.526. The SMILES string of the molecule is O=C(c1cc(F)cnc1Cl)N1CC2CCCC2C1. The van der Waals surface area contributed by atoms with Crippen LogP contribution in [0.25, 0.3) is 0 Å². The summed E-state index contributed by atoms with van der Waals surface area (Å²) in [5.41, 5.74) is 0.177. The number of nitrogens with zero attached hydrogens (tertiary/aromatic N) is 2. The summed E-state index contributed by atoms with van der Waals surface area (Å²) in [5, 5.41) is 0.0819. The normalized spacial score (nSPS) is 26.4. The zero-order valence-corrected chi connectivity index (χ0v) is 10.7. The van der Waals surface area contributed by atoms with E-state index in [0.717, 1.165) is 19.3 Å². The molecule has 0 bridgehead atoms. The highest BCUT2D eigenvalue weighted by molar-refractivity contribution is 6.32. The van der Waals surface area contributed by atoms with E-state index in [1.165, 1.54) is 25.3 Å². The molecule has 2 heterocycles. The van der Waals surface area contributed by atoms with Crippen LogP contribution in [-0.2, 0) is 0 Å². The summed E-state index contributed by atoms with van der Waals surface area (Å²) in [6.07, 6.45) is 4.69. The molecule has 2 atom stereocenters. The van der Waals surface area contributed by atoms with Gasteiger partial charge in [-0.3, -0.25) is 4.79 Å². The van der Waals surface area contributed by atoms with Crippen molar-refractivity contribution in [1.82, 2.24) is 9.88 Å². The van der Waals surface area contributed by atoms with E-state index in [2.05, 4.69) is 4.98 Å². The molecule has 1 aliphatic heterocycles. The standard InChI is InChI=1S/C13H14ClFN2O/c14-12-11(4-10(15)5-16-12)13(18)17-6-8-2-1-3-9(8)7-17/h4-5,8-9H,1-3,6-7H2. The van der Waals surface area contributed by atoms with Gasteiger partial charge in [0.1, 0.15) is 11.0 Å². The molecular formula is C13H14ClFN2O. The average molecular weight is 269 g/mol. The molecule has 1 aromatic rings. The molecule has 96 valence electrons. The zero-order valence-electron chi connectivity index (χ0n) is 9.90. The van der Waals surface area contributed by atoms with Gasteiger partial charge in [0.2, 0.25) is 0 Å². The van der Waals surface area contributed by atoms with E-state index < -0.39 is 5.82 Å². The van der Waals surface area contributed by atoms with Crippen LogP contribution in [0.3, 0.4) is 0 Å². The molecular weight excluding hydrogens is 255 g/mol. The van der Waals surface area contributed by atoms with Crippen molar-refractivity contribution in [2.45, 2.75) is 19.3 Å². The third-order valence-corrected chi connectivity index (χ3v) is 4.35. The molecule has 3 nitrogen and oxygen atoms in total. The Bertz CT molecular complexity index is 482. The van der Waals surface area contributed by atoms with Crippen molar-refractivity contribution < 1.29 is 9.18 Å². The number of carbonyl (C=O) groups excluding carboxylic acids is 1. The first-order valence-electron chi connectivity index (χ1n) is 6.25. The summed E-state index contributed by atoms with van der Waals surface area (Å²) in [7, 11) is 0. The highest BCUT2D eigenvalue weighted by atomic mass is 35.5. The van der Waals surface area contributed by atoms with E-state index in [0.29, 0.717) is 11.8 Å². The third-order valence-electron chi connectivity index (χ3n) is 4.05. The fraction of sp³-hybridized carbons (Fsp3) is 0.538. The smallest absolute Gasteiger partial charge is 0.257 e. The number of rotatable bonds is 1. The summed E-state index contributed by atoms with van der Waals surface area (Å²) >= 11 is 5.86. The maximum absolute atomic E-state index is 13.1. The summed E-state index contributed by atoms with van der Waals surface area (Å²) in [6, 6.07) is 1.17. The molecule has 0 N–H and O–H groups in total. The second kappa shape index (κ2) is 4.50. The van der Waals surface area contributed by atoms with Gasteiger partial charge in [0.05, 0.1) is 11.8 Å². The molecule has 1 saturated carbocycles. The number of fused-ring (bicyclic) bond motifs is 1. The van der Waals surface area contributed by atoms with Gasteiger partial charge in [-0.05, 0) is 30.7 Å². The van der Waals surface area contributed by atoms with Gasteiger partial charge in [0.15, 0.2) is 0 Å². The van der Waals surface area contributed by atoms with Crippen LogP contribution in [0.5, 0.6) is 0 Å². The van der Waals surface area contributed by atoms with Crippen LogP contribution in [0, 0.1) is 17.7 Å². The first kappa shape index (κ1) is 11.9. The largest absolute Gasteiger partial charge is 0.338 e. The summed E-state index contributed by atoms with van der Waals surface area (Å²) < 4.78 is 13.1. The Morgan fingerprint density at radius 3 is 2.72 bits per heavy atom. The first-order chi connectivity index (χ1) is 8.65. The Hall–Kier alpha value is -1.16. The number of amides is 1. The van der Waals surface area contributed by atoms with Gasteiger partial charge < -0.3 is 4.90 Å². The maximum atomic E-state index is 13.1. The van der Waals surface area contributed by atoms with Crippen molar-refractivity contribution >= 4 is 17.5 Å². The molecule has 2 aliphatic rings. The molecule has 3 rings (SSSR count). The van der Waals surface area contributed by atoms with Crippen molar-refractivity contribution in [1.29, 1.82) is 0 Å². The summed E-state index contributed by atoms with van der Waals surface area (Å²) in [6.45, 7) is 1.55. The van der Waals surface area contributed by atoms with Gasteiger partial charge >= 0.3 is 0 Å². The predicted octanol–water partition coefficient (Wildman–Crippen LogP) is 2.75. The molecule has 2 fully saturated rings. The Labute approximate surface area is 110 Å². The maximum Gasteiger partial charge on any atom is 0.257 e. The summed E-state index contributed by atoms with van der Waals surface area (Å²) in [5.74, 6) is 0.520. The Morgan fingerprint density at radius 1 is 1.39 bits per heavy atom. The van der Waals surface area contributed by atoms with Gasteiger partial charge in [-0.15, -0.1) is 0 Å². The number of hydrogen-bond donors (Lipinski definition) is 0. The topological polar surface area (TPSA) is 33.2 Å². The Balaban J connectivity index is 1.81. The minimum absolute atomic E-state index is 0.0819. The van der Waals surface area contributed by atoms with E-state index in [9.17, 15) is 9.18 Å². The van der Waals surface area contributed by atoms with Crippen molar-refractivity contribution in [3.8, 4) is 0 Å². The first-order valence-corrected chi connectivity index (χ1v) is 6.63. The van der Waals surface area contributed by atoms with Gasteiger partial charge in [-0.2, -0.15) is 0 Å². The Morgan fingerprint density at radius 2 is 2.06 bits per heavy atom. The van der Waals surface area contributed by atoms with Crippen LogP contribution in [0.15, 0.2) is 12.3 Å². The second-order valence-corrected chi connectivity index (χ2v) is 5.51. The molecule has 0 radical (unpaired) electrons. The second-order valence-electron chi connectivity index (χ2n) is 5.15. The van der Waals surface area contributed by atoms with E-state index in [1.807, 2.05) is 0 Å². The predicted molar refractivity (Wildman–Crippen MR) is 65.9 cm³/mol. The lowest BCUT2D eigenvalue weighted by Gasteiger charge is -2.17. The lowest BCUT2D eigenvalue weighted by Crippen LogP contribution is -2.30. The quantitative estimate of drug-likeness (QED) is 0.734. The fourth-order valence-electron chi connectivity index (χ4n) is 3.14. The molecule has 1 amide bonds. The number of likely N-dealkylation sites (tertiary alicyclic amines) is 1. The van der Waals surface area contributed by atoms with Gasteiger partial charge in [0, 0.05) is 13.1 Å². The minimum Gasteiger partial charge on any atom is -0.338 e. The zero-order chi connectivity index (χ0) is 12.7. The summed E-state index contributed by atoms with van der Waals surface area (Å²) in [4.78, 5) is 17.8. The molecule has 0 spiro atoms. The van der Waals surface area contributed by atoms with Crippen molar-refractivity contribution in [3.63, 3.8) is 0 Å². The number of carbonyl (C=O) groups is 1. The van der Waals surface area contributed by atoms with Crippen LogP contribution in [-0.4, -0.2) is 28.9 Å². The molecule has 0 aromatic carbocycles. The number of aromatic nitrogens is 1. The number of pyridine rings is 1. The molecule has 1 aromatic heterocycles. The van der Waals surface area contributed by atoms with Crippen LogP contribution in [0.1, 0.15) is 29.6 Å². The molecule has 1 saturated heterocycles. The van der Waals surface area contributed by atoms with E-state index in [1.54, 1.807) is 4.90 Å². The highest BCUT2D eigenvalue weighted by Gasteiger charge is 2.38. The van der Waals surface area contributed by atoms with Crippen molar-refractivity contribution in [2.75, 3.05) is 13.1 Å². The Kier molecular flexibility index (Phi) is 2.98. The van der Waals surface area contributed by atoms with Crippen LogP contribution < -0.4 is 0 Å². The van der Waals surface area contributed by atoms with Gasteiger partial charge in [-0.1, -0.05) is 18.0 Å². The molecule has 5 heteroatoms. The van der Waals surface area contributed by atoms with Crippen LogP contribution >= 0.6 is 11.6 Å². The average Bonchev–Trinajstić information content (AvgIpc) is 2.91. The van der Waals surface area contributed by atoms with E-state index in [-0.39, 0.29) is 16.6 Å². The van der Waals surface area contributed by atoms with E-state index in [4.69, 9.17) is 11.6 Å². The lowest BCUT2D eigenvalue weighted by molar-refractivity contribution is 0.0780. The molecule has 1 aliphatic carbocycles. The third kappa shape index (κ3) is 1.99. The van der Waals surface area contributed by atoms with Crippen LogP contribution in [0.2, 0.25) is 5.15 Å². The lowest BCUT2D eigenvalue weighted by atomic mass is 10.0. The fourth-order valence-corrected chi connectivity index (χ4v) is 3.33. The number of halogens is 2. The van der Waals surface area contributed by atoms with Crippen LogP contribution in [0.4, 0.5) is 4.39 Å². The van der Waals surface area contributed by atoms with Gasteiger partial charge in [0.25, 0.3) is 5.91 Å². The highest BCUT2D eigenvalue weighted by Crippen LogP contribution is 2.38. The van der Waals surface area contributed by atoms with Gasteiger partial charge in [-0.25, -0.2) is 9.37 Å². The number of hydrogen-bond acceptors (Lipinski definition) is 2. The van der Waals surface area contributed by atoms with E-state index >= 15 is 0 Å². The molecule has 2 unspecified atom stereocenters.